The van der Waals surface area contributed by atoms with Crippen molar-refractivity contribution in [3.8, 4) is 0 Å². The van der Waals surface area contributed by atoms with Gasteiger partial charge in [0.05, 0.1) is 11.0 Å². The number of nitrogens with zero attached hydrogens (tertiary/aromatic N) is 1. The predicted octanol–water partition coefficient (Wildman–Crippen LogP) is 2.59. The van der Waals surface area contributed by atoms with Crippen molar-refractivity contribution in [1.82, 2.24) is 15.3 Å². The molecule has 0 bridgehead atoms. The number of piperidine rings is 1. The first kappa shape index (κ1) is 10.8. The van der Waals surface area contributed by atoms with Crippen LogP contribution in [0.25, 0.3) is 11.0 Å². The minimum absolute atomic E-state index is 0.605. The van der Waals surface area contributed by atoms with Crippen LogP contribution in [0.5, 0.6) is 0 Å². The Hall–Kier alpha value is -1.35. The molecule has 0 atom stereocenters. The van der Waals surface area contributed by atoms with E-state index in [4.69, 9.17) is 4.98 Å². The van der Waals surface area contributed by atoms with Crippen LogP contribution in [0.4, 0.5) is 0 Å². The van der Waals surface area contributed by atoms with Crippen molar-refractivity contribution < 1.29 is 0 Å². The van der Waals surface area contributed by atoms with Gasteiger partial charge in [-0.2, -0.15) is 0 Å². The van der Waals surface area contributed by atoms with Crippen LogP contribution in [-0.2, 0) is 6.42 Å². The lowest BCUT2D eigenvalue weighted by atomic mass is 9.98. The van der Waals surface area contributed by atoms with Crippen molar-refractivity contribution in [3.05, 3.63) is 29.6 Å². The van der Waals surface area contributed by atoms with E-state index < -0.39 is 0 Å². The molecule has 1 aromatic carbocycles. The van der Waals surface area contributed by atoms with E-state index in [0.717, 1.165) is 19.5 Å². The zero-order valence-corrected chi connectivity index (χ0v) is 10.3. The number of hydrogen-bond donors (Lipinski definition) is 2. The predicted molar refractivity (Wildman–Crippen MR) is 70.3 cm³/mol. The Morgan fingerprint density at radius 1 is 1.29 bits per heavy atom. The van der Waals surface area contributed by atoms with Gasteiger partial charge in [0.2, 0.25) is 0 Å². The molecule has 17 heavy (non-hydrogen) atoms. The molecule has 0 amide bonds. The van der Waals surface area contributed by atoms with Gasteiger partial charge in [0.15, 0.2) is 0 Å². The van der Waals surface area contributed by atoms with E-state index in [0.29, 0.717) is 5.92 Å². The minimum atomic E-state index is 0.605. The number of para-hydroxylation sites is 1. The largest absolute Gasteiger partial charge is 0.342 e. The molecule has 1 aliphatic heterocycles. The van der Waals surface area contributed by atoms with Crippen LogP contribution in [0.15, 0.2) is 18.2 Å². The first-order valence-corrected chi connectivity index (χ1v) is 6.56. The molecule has 3 nitrogen and oxygen atoms in total. The van der Waals surface area contributed by atoms with Crippen molar-refractivity contribution >= 4 is 11.0 Å². The molecule has 2 aromatic rings. The fraction of sp³-hybridized carbons (Fsp3) is 0.500. The van der Waals surface area contributed by atoms with Gasteiger partial charge in [0.1, 0.15) is 5.82 Å². The van der Waals surface area contributed by atoms with E-state index in [2.05, 4.69) is 35.4 Å². The zero-order chi connectivity index (χ0) is 11.7. The quantitative estimate of drug-likeness (QED) is 0.831. The number of rotatable bonds is 2. The van der Waals surface area contributed by atoms with E-state index >= 15 is 0 Å². The molecule has 3 heteroatoms. The van der Waals surface area contributed by atoms with Gasteiger partial charge in [-0.1, -0.05) is 19.1 Å². The molecule has 0 radical (unpaired) electrons. The van der Waals surface area contributed by atoms with Crippen LogP contribution in [-0.4, -0.2) is 23.1 Å². The van der Waals surface area contributed by atoms with Crippen LogP contribution in [0.3, 0.4) is 0 Å². The van der Waals surface area contributed by atoms with Gasteiger partial charge in [-0.25, -0.2) is 4.98 Å². The number of imidazole rings is 1. The van der Waals surface area contributed by atoms with E-state index in [1.165, 1.54) is 35.3 Å². The first-order chi connectivity index (χ1) is 8.38. The van der Waals surface area contributed by atoms with Crippen molar-refractivity contribution in [1.29, 1.82) is 0 Å². The lowest BCUT2D eigenvalue weighted by Crippen LogP contribution is -2.27. The monoisotopic (exact) mass is 229 g/mol. The van der Waals surface area contributed by atoms with Crippen molar-refractivity contribution in [2.75, 3.05) is 13.1 Å². The van der Waals surface area contributed by atoms with E-state index in [1.54, 1.807) is 0 Å². The van der Waals surface area contributed by atoms with E-state index in [1.807, 2.05) is 0 Å². The van der Waals surface area contributed by atoms with Crippen LogP contribution < -0.4 is 5.32 Å². The molecule has 0 unspecified atom stereocenters. The molecular weight excluding hydrogens is 210 g/mol. The molecule has 0 aliphatic carbocycles. The third-order valence-electron chi connectivity index (χ3n) is 3.72. The fourth-order valence-electron chi connectivity index (χ4n) is 2.68. The number of aromatic nitrogens is 2. The summed E-state index contributed by atoms with van der Waals surface area (Å²) in [6.45, 7) is 4.42. The molecule has 90 valence electrons. The molecule has 1 aromatic heterocycles. The second-order valence-corrected chi connectivity index (χ2v) is 4.81. The summed E-state index contributed by atoms with van der Waals surface area (Å²) >= 11 is 0. The summed E-state index contributed by atoms with van der Waals surface area (Å²) in [4.78, 5) is 8.32. The molecule has 3 rings (SSSR count). The average Bonchev–Trinajstić information content (AvgIpc) is 2.83. The number of hydrogen-bond acceptors (Lipinski definition) is 2. The number of aryl methyl sites for hydroxylation is 1. The Morgan fingerprint density at radius 3 is 2.88 bits per heavy atom. The number of nitrogens with one attached hydrogen (secondary N) is 2. The van der Waals surface area contributed by atoms with Gasteiger partial charge in [0.25, 0.3) is 0 Å². The molecule has 2 N–H and O–H groups in total. The Labute approximate surface area is 102 Å². The molecular formula is C14H19N3. The maximum Gasteiger partial charge on any atom is 0.110 e. The minimum Gasteiger partial charge on any atom is -0.342 e. The number of benzene rings is 1. The standard InChI is InChI=1S/C14H19N3/c1-2-10-4-3-5-12-13(10)17-14(16-12)11-6-8-15-9-7-11/h3-5,11,15H,2,6-9H2,1H3,(H,16,17). The second-order valence-electron chi connectivity index (χ2n) is 4.81. The SMILES string of the molecule is CCc1cccc2[nH]c(C3CCNCC3)nc12. The summed E-state index contributed by atoms with van der Waals surface area (Å²) in [5, 5.41) is 3.40. The molecule has 2 heterocycles. The molecule has 1 aliphatic rings. The summed E-state index contributed by atoms with van der Waals surface area (Å²) in [6.07, 6.45) is 3.44. The highest BCUT2D eigenvalue weighted by molar-refractivity contribution is 5.78. The number of H-pyrrole nitrogens is 1. The second kappa shape index (κ2) is 4.49. The highest BCUT2D eigenvalue weighted by Crippen LogP contribution is 2.26. The van der Waals surface area contributed by atoms with Crippen LogP contribution in [0, 0.1) is 0 Å². The van der Waals surface area contributed by atoms with Gasteiger partial charge >= 0.3 is 0 Å². The zero-order valence-electron chi connectivity index (χ0n) is 10.3. The Balaban J connectivity index is 2.00. The number of aromatic amines is 1. The third kappa shape index (κ3) is 1.95. The van der Waals surface area contributed by atoms with Gasteiger partial charge in [-0.15, -0.1) is 0 Å². The first-order valence-electron chi connectivity index (χ1n) is 6.56. The molecule has 0 saturated carbocycles. The van der Waals surface area contributed by atoms with Crippen LogP contribution in [0.1, 0.15) is 37.1 Å². The highest BCUT2D eigenvalue weighted by atomic mass is 14.9. The summed E-state index contributed by atoms with van der Waals surface area (Å²) in [7, 11) is 0. The molecule has 1 saturated heterocycles. The summed E-state index contributed by atoms with van der Waals surface area (Å²) in [5.74, 6) is 1.79. The maximum absolute atomic E-state index is 4.82. The Bertz CT molecular complexity index is 509. The fourth-order valence-corrected chi connectivity index (χ4v) is 2.68. The lowest BCUT2D eigenvalue weighted by molar-refractivity contribution is 0.448. The van der Waals surface area contributed by atoms with Crippen molar-refractivity contribution in [2.24, 2.45) is 0 Å². The van der Waals surface area contributed by atoms with Crippen LogP contribution >= 0.6 is 0 Å². The maximum atomic E-state index is 4.82. The van der Waals surface area contributed by atoms with E-state index in [9.17, 15) is 0 Å². The smallest absolute Gasteiger partial charge is 0.110 e. The van der Waals surface area contributed by atoms with Gasteiger partial charge < -0.3 is 10.3 Å². The summed E-state index contributed by atoms with van der Waals surface area (Å²) in [6, 6.07) is 6.42. The summed E-state index contributed by atoms with van der Waals surface area (Å²) < 4.78 is 0. The van der Waals surface area contributed by atoms with Crippen LogP contribution in [0.2, 0.25) is 0 Å². The molecule has 0 spiro atoms. The van der Waals surface area contributed by atoms with Crippen molar-refractivity contribution in [3.63, 3.8) is 0 Å². The normalized spacial score (nSPS) is 17.7. The summed E-state index contributed by atoms with van der Waals surface area (Å²) in [5.41, 5.74) is 3.71. The Morgan fingerprint density at radius 2 is 2.12 bits per heavy atom. The third-order valence-corrected chi connectivity index (χ3v) is 3.72. The lowest BCUT2D eigenvalue weighted by Gasteiger charge is -2.20. The Kier molecular flexibility index (Phi) is 2.85. The van der Waals surface area contributed by atoms with Gasteiger partial charge in [-0.05, 0) is 44.0 Å². The van der Waals surface area contributed by atoms with Gasteiger partial charge in [0, 0.05) is 5.92 Å². The highest BCUT2D eigenvalue weighted by Gasteiger charge is 2.18. The molecule has 1 fully saturated rings. The van der Waals surface area contributed by atoms with Gasteiger partial charge in [-0.3, -0.25) is 0 Å². The van der Waals surface area contributed by atoms with Crippen molar-refractivity contribution in [2.45, 2.75) is 32.1 Å². The topological polar surface area (TPSA) is 40.7 Å². The average molecular weight is 229 g/mol. The number of fused-ring (bicyclic) bond motifs is 1. The van der Waals surface area contributed by atoms with E-state index in [-0.39, 0.29) is 0 Å².